The molecule has 1 aliphatic heterocycles. The Kier molecular flexibility index (Phi) is 4.50. The zero-order valence-electron chi connectivity index (χ0n) is 13.4. The summed E-state index contributed by atoms with van der Waals surface area (Å²) >= 11 is 0. The topological polar surface area (TPSA) is 59.0 Å². The van der Waals surface area contributed by atoms with Gasteiger partial charge in [0.05, 0.1) is 17.1 Å². The van der Waals surface area contributed by atoms with Gasteiger partial charge in [-0.1, -0.05) is 29.8 Å². The molecule has 2 aromatic rings. The number of nitrogens with one attached hydrogen (secondary N) is 1. The van der Waals surface area contributed by atoms with Crippen LogP contribution < -0.4 is 13.9 Å². The van der Waals surface area contributed by atoms with E-state index in [0.717, 1.165) is 35.6 Å². The quantitative estimate of drug-likeness (QED) is 0.718. The number of hydrogen-bond donors (Lipinski definition) is 3. The van der Waals surface area contributed by atoms with E-state index in [9.17, 15) is 9.11 Å². The van der Waals surface area contributed by atoms with Crippen LogP contribution in [0.1, 0.15) is 12.0 Å². The summed E-state index contributed by atoms with van der Waals surface area (Å²) in [7, 11) is -1.20. The van der Waals surface area contributed by atoms with E-state index in [-0.39, 0.29) is 0 Å². The Bertz CT molecular complexity index is 676. The average molecular weight is 333 g/mol. The van der Waals surface area contributed by atoms with Gasteiger partial charge in [0.15, 0.2) is 0 Å². The smallest absolute Gasteiger partial charge is 0.0896 e. The molecule has 1 heterocycles. The van der Waals surface area contributed by atoms with Gasteiger partial charge in [-0.2, -0.15) is 0 Å². The van der Waals surface area contributed by atoms with Crippen molar-refractivity contribution >= 4 is 28.0 Å². The molecular formula is C17H23N3O2S. The van der Waals surface area contributed by atoms with E-state index in [1.807, 2.05) is 62.5 Å². The second-order valence-electron chi connectivity index (χ2n) is 5.67. The summed E-state index contributed by atoms with van der Waals surface area (Å²) in [6, 6.07) is 15.5. The van der Waals surface area contributed by atoms with Gasteiger partial charge in [0.1, 0.15) is 0 Å². The first kappa shape index (κ1) is 16.1. The fourth-order valence-corrected chi connectivity index (χ4v) is 4.62. The third kappa shape index (κ3) is 2.90. The zero-order chi connectivity index (χ0) is 16.4. The van der Waals surface area contributed by atoms with Gasteiger partial charge in [0.2, 0.25) is 0 Å². The Hall–Kier alpha value is -1.73. The van der Waals surface area contributed by atoms with Crippen LogP contribution in [0.4, 0.5) is 17.1 Å². The van der Waals surface area contributed by atoms with Gasteiger partial charge in [0, 0.05) is 6.54 Å². The maximum atomic E-state index is 10.9. The van der Waals surface area contributed by atoms with Crippen LogP contribution >= 0.6 is 11.0 Å². The van der Waals surface area contributed by atoms with Gasteiger partial charge in [-0.05, 0) is 62.2 Å². The molecule has 5 nitrogen and oxygen atoms in total. The summed E-state index contributed by atoms with van der Waals surface area (Å²) in [6.07, 6.45) is 0.836. The van der Waals surface area contributed by atoms with E-state index in [2.05, 4.69) is 5.32 Å². The lowest BCUT2D eigenvalue weighted by atomic mass is 10.2. The maximum absolute atomic E-state index is 10.9. The summed E-state index contributed by atoms with van der Waals surface area (Å²) in [4.78, 5) is 0. The molecular weight excluding hydrogens is 310 g/mol. The normalized spacial score (nSPS) is 17.2. The minimum atomic E-state index is -3.09. The highest BCUT2D eigenvalue weighted by Gasteiger charge is 2.41. The van der Waals surface area contributed by atoms with Crippen molar-refractivity contribution < 1.29 is 9.11 Å². The lowest BCUT2D eigenvalue weighted by Gasteiger charge is -2.43. The van der Waals surface area contributed by atoms with Crippen LogP contribution in [0, 0.1) is 6.92 Å². The summed E-state index contributed by atoms with van der Waals surface area (Å²) in [5.41, 5.74) is 3.63. The monoisotopic (exact) mass is 333 g/mol. The molecule has 0 spiro atoms. The zero-order valence-corrected chi connectivity index (χ0v) is 14.3. The van der Waals surface area contributed by atoms with E-state index in [0.29, 0.717) is 6.54 Å². The molecule has 23 heavy (non-hydrogen) atoms. The molecule has 2 aromatic carbocycles. The molecule has 0 fully saturated rings. The van der Waals surface area contributed by atoms with Gasteiger partial charge in [0.25, 0.3) is 0 Å². The summed E-state index contributed by atoms with van der Waals surface area (Å²) in [5, 5.41) is 3.10. The first-order valence-corrected chi connectivity index (χ1v) is 9.18. The summed E-state index contributed by atoms with van der Waals surface area (Å²) in [6.45, 7) is 3.44. The second-order valence-corrected chi connectivity index (χ2v) is 7.45. The van der Waals surface area contributed by atoms with E-state index >= 15 is 0 Å². The van der Waals surface area contributed by atoms with Crippen LogP contribution in [0.25, 0.3) is 0 Å². The van der Waals surface area contributed by atoms with Gasteiger partial charge in [-0.3, -0.25) is 13.4 Å². The molecule has 0 saturated heterocycles. The van der Waals surface area contributed by atoms with Crippen LogP contribution in [0.15, 0.2) is 48.5 Å². The highest BCUT2D eigenvalue weighted by Crippen LogP contribution is 2.63. The number of aryl methyl sites for hydroxylation is 1. The molecule has 6 heteroatoms. The van der Waals surface area contributed by atoms with Crippen molar-refractivity contribution in [3.63, 3.8) is 0 Å². The van der Waals surface area contributed by atoms with Crippen molar-refractivity contribution in [1.29, 1.82) is 0 Å². The Labute approximate surface area is 139 Å². The number of anilines is 3. The van der Waals surface area contributed by atoms with Crippen LogP contribution in [0.2, 0.25) is 0 Å². The molecule has 3 N–H and O–H groups in total. The third-order valence-electron chi connectivity index (χ3n) is 3.97. The predicted molar refractivity (Wildman–Crippen MR) is 98.5 cm³/mol. The van der Waals surface area contributed by atoms with Crippen LogP contribution in [0.3, 0.4) is 0 Å². The number of hydrogen-bond acceptors (Lipinski definition) is 5. The van der Waals surface area contributed by atoms with Crippen LogP contribution in [-0.4, -0.2) is 29.2 Å². The molecule has 0 amide bonds. The summed E-state index contributed by atoms with van der Waals surface area (Å²) in [5.74, 6) is 0. The Morgan fingerprint density at radius 3 is 2.30 bits per heavy atom. The number of para-hydroxylation sites is 2. The molecule has 1 aliphatic rings. The van der Waals surface area contributed by atoms with Gasteiger partial charge < -0.3 is 5.32 Å². The molecule has 0 bridgehead atoms. The van der Waals surface area contributed by atoms with Gasteiger partial charge in [-0.25, -0.2) is 4.31 Å². The van der Waals surface area contributed by atoms with Crippen molar-refractivity contribution in [2.75, 3.05) is 28.7 Å². The van der Waals surface area contributed by atoms with E-state index in [1.54, 1.807) is 8.61 Å². The molecule has 0 atom stereocenters. The van der Waals surface area contributed by atoms with Gasteiger partial charge >= 0.3 is 0 Å². The lowest BCUT2D eigenvalue weighted by molar-refractivity contribution is 0.483. The Balaban J connectivity index is 2.01. The van der Waals surface area contributed by atoms with Crippen molar-refractivity contribution in [3.8, 4) is 0 Å². The van der Waals surface area contributed by atoms with Crippen LogP contribution in [0.5, 0.6) is 0 Å². The SMILES string of the molecule is CNCCCN1c2ccccc2N(c2ccc(C)cc2)S1(O)O. The molecule has 3 rings (SSSR count). The lowest BCUT2D eigenvalue weighted by Crippen LogP contribution is -2.32. The molecule has 0 aromatic heterocycles. The molecule has 124 valence electrons. The van der Waals surface area contributed by atoms with E-state index < -0.39 is 11.0 Å². The second kappa shape index (κ2) is 6.41. The van der Waals surface area contributed by atoms with Crippen LogP contribution in [-0.2, 0) is 0 Å². The fraction of sp³-hybridized carbons (Fsp3) is 0.294. The fourth-order valence-electron chi connectivity index (χ4n) is 2.81. The van der Waals surface area contributed by atoms with Crippen molar-refractivity contribution in [2.24, 2.45) is 0 Å². The Morgan fingerprint density at radius 2 is 1.65 bits per heavy atom. The van der Waals surface area contributed by atoms with E-state index in [1.165, 1.54) is 0 Å². The number of benzene rings is 2. The summed E-state index contributed by atoms with van der Waals surface area (Å²) < 4.78 is 25.2. The first-order valence-electron chi connectivity index (χ1n) is 7.72. The number of nitrogens with zero attached hydrogens (tertiary/aromatic N) is 2. The molecule has 0 saturated carbocycles. The van der Waals surface area contributed by atoms with Crippen molar-refractivity contribution in [3.05, 3.63) is 54.1 Å². The highest BCUT2D eigenvalue weighted by molar-refractivity contribution is 8.27. The minimum absolute atomic E-state index is 0.586. The number of fused-ring (bicyclic) bond motifs is 1. The van der Waals surface area contributed by atoms with E-state index in [4.69, 9.17) is 0 Å². The Morgan fingerprint density at radius 1 is 1.00 bits per heavy atom. The minimum Gasteiger partial charge on any atom is -0.320 e. The first-order chi connectivity index (χ1) is 11.1. The largest absolute Gasteiger partial charge is 0.320 e. The predicted octanol–water partition coefficient (Wildman–Crippen LogP) is 4.14. The maximum Gasteiger partial charge on any atom is 0.0896 e. The average Bonchev–Trinajstić information content (AvgIpc) is 2.76. The molecule has 0 radical (unpaired) electrons. The molecule has 0 unspecified atom stereocenters. The standard InChI is InChI=1S/C17H23N3O2S/c1-14-8-10-15(11-9-14)20-17-7-4-3-6-16(17)19(23(20,21)22)13-5-12-18-2/h3-4,6-11,18,21-22H,5,12-13H2,1-2H3. The van der Waals surface area contributed by atoms with Crippen molar-refractivity contribution in [1.82, 2.24) is 5.32 Å². The van der Waals surface area contributed by atoms with Crippen molar-refractivity contribution in [2.45, 2.75) is 13.3 Å². The molecule has 0 aliphatic carbocycles. The number of rotatable bonds is 5. The highest BCUT2D eigenvalue weighted by atomic mass is 32.3. The van der Waals surface area contributed by atoms with Gasteiger partial charge in [-0.15, -0.1) is 0 Å². The third-order valence-corrected chi connectivity index (χ3v) is 5.83.